The minimum Gasteiger partial charge on any atom is -0.484 e. The first-order chi connectivity index (χ1) is 11.2. The number of carbonyl (C=O) groups is 1. The molecule has 126 valence electrons. The number of para-hydroxylation sites is 1. The first kappa shape index (κ1) is 16.3. The fourth-order valence-corrected chi connectivity index (χ4v) is 3.45. The maximum atomic E-state index is 12.3. The molecule has 0 spiro atoms. The summed E-state index contributed by atoms with van der Waals surface area (Å²) in [6.07, 6.45) is 2.50. The third kappa shape index (κ3) is 4.45. The van der Waals surface area contributed by atoms with Crippen molar-refractivity contribution in [2.45, 2.75) is 18.9 Å². The van der Waals surface area contributed by atoms with E-state index in [1.165, 1.54) is 25.9 Å². The van der Waals surface area contributed by atoms with Crippen molar-refractivity contribution in [1.29, 1.82) is 0 Å². The normalized spacial score (nSPS) is 21.3. The quantitative estimate of drug-likeness (QED) is 0.839. The number of carbonyl (C=O) groups excluding carboxylic acids is 1. The van der Waals surface area contributed by atoms with Crippen molar-refractivity contribution in [2.24, 2.45) is 0 Å². The predicted octanol–water partition coefficient (Wildman–Crippen LogP) is 1.30. The topological polar surface area (TPSA) is 36.0 Å². The number of nitrogens with zero attached hydrogens (tertiary/aromatic N) is 3. The van der Waals surface area contributed by atoms with Crippen LogP contribution in [-0.4, -0.2) is 79.6 Å². The van der Waals surface area contributed by atoms with Crippen molar-refractivity contribution < 1.29 is 9.53 Å². The van der Waals surface area contributed by atoms with Crippen LogP contribution in [0.4, 0.5) is 0 Å². The average molecular weight is 317 g/mol. The van der Waals surface area contributed by atoms with Gasteiger partial charge in [0.1, 0.15) is 5.75 Å². The first-order valence-electron chi connectivity index (χ1n) is 8.60. The number of piperidine rings is 1. The number of benzene rings is 1. The number of hydrogen-bond acceptors (Lipinski definition) is 4. The van der Waals surface area contributed by atoms with Crippen molar-refractivity contribution >= 4 is 5.91 Å². The summed E-state index contributed by atoms with van der Waals surface area (Å²) < 4.78 is 5.57. The molecule has 0 unspecified atom stereocenters. The molecule has 0 aliphatic carbocycles. The van der Waals surface area contributed by atoms with E-state index in [1.54, 1.807) is 0 Å². The van der Waals surface area contributed by atoms with Gasteiger partial charge in [-0.2, -0.15) is 0 Å². The zero-order chi connectivity index (χ0) is 16.1. The summed E-state index contributed by atoms with van der Waals surface area (Å²) in [5.41, 5.74) is 0. The van der Waals surface area contributed by atoms with Crippen LogP contribution in [0.1, 0.15) is 12.8 Å². The number of amides is 1. The van der Waals surface area contributed by atoms with E-state index in [-0.39, 0.29) is 12.5 Å². The van der Waals surface area contributed by atoms with Crippen molar-refractivity contribution in [3.8, 4) is 5.75 Å². The molecule has 0 saturated carbocycles. The van der Waals surface area contributed by atoms with Gasteiger partial charge in [0.05, 0.1) is 0 Å². The van der Waals surface area contributed by atoms with E-state index in [1.807, 2.05) is 35.2 Å². The lowest BCUT2D eigenvalue weighted by Crippen LogP contribution is -2.54. The maximum Gasteiger partial charge on any atom is 0.260 e. The van der Waals surface area contributed by atoms with Crippen molar-refractivity contribution in [2.75, 3.05) is 52.9 Å². The number of rotatable bonds is 4. The molecule has 0 N–H and O–H groups in total. The van der Waals surface area contributed by atoms with Crippen LogP contribution in [0.25, 0.3) is 0 Å². The summed E-state index contributed by atoms with van der Waals surface area (Å²) in [5, 5.41) is 0. The summed E-state index contributed by atoms with van der Waals surface area (Å²) in [4.78, 5) is 19.2. The summed E-state index contributed by atoms with van der Waals surface area (Å²) in [6.45, 7) is 6.14. The molecule has 0 radical (unpaired) electrons. The van der Waals surface area contributed by atoms with Gasteiger partial charge in [0.15, 0.2) is 6.61 Å². The zero-order valence-electron chi connectivity index (χ0n) is 14.0. The maximum absolute atomic E-state index is 12.3. The SMILES string of the molecule is CN1CCC(N2CCN(C(=O)COc3ccccc3)CC2)CC1. The molecular weight excluding hydrogens is 290 g/mol. The van der Waals surface area contributed by atoms with Crippen LogP contribution in [0.3, 0.4) is 0 Å². The molecular formula is C18H27N3O2. The van der Waals surface area contributed by atoms with Crippen LogP contribution < -0.4 is 4.74 Å². The molecule has 2 fully saturated rings. The monoisotopic (exact) mass is 317 g/mol. The van der Waals surface area contributed by atoms with E-state index in [0.29, 0.717) is 6.04 Å². The highest BCUT2D eigenvalue weighted by molar-refractivity contribution is 5.77. The Kier molecular flexibility index (Phi) is 5.51. The Balaban J connectivity index is 1.40. The molecule has 5 heteroatoms. The van der Waals surface area contributed by atoms with Gasteiger partial charge >= 0.3 is 0 Å². The lowest BCUT2D eigenvalue weighted by Gasteiger charge is -2.42. The van der Waals surface area contributed by atoms with Gasteiger partial charge in [-0.25, -0.2) is 0 Å². The van der Waals surface area contributed by atoms with Crippen LogP contribution in [0.5, 0.6) is 5.75 Å². The van der Waals surface area contributed by atoms with E-state index < -0.39 is 0 Å². The van der Waals surface area contributed by atoms with Crippen LogP contribution >= 0.6 is 0 Å². The molecule has 2 saturated heterocycles. The van der Waals surface area contributed by atoms with Crippen LogP contribution in [-0.2, 0) is 4.79 Å². The fraction of sp³-hybridized carbons (Fsp3) is 0.611. The molecule has 1 aromatic carbocycles. The first-order valence-corrected chi connectivity index (χ1v) is 8.60. The minimum atomic E-state index is 0.0943. The van der Waals surface area contributed by atoms with Crippen LogP contribution in [0.2, 0.25) is 0 Å². The largest absolute Gasteiger partial charge is 0.484 e. The van der Waals surface area contributed by atoms with Gasteiger partial charge in [-0.1, -0.05) is 18.2 Å². The Labute approximate surface area is 138 Å². The highest BCUT2D eigenvalue weighted by Crippen LogP contribution is 2.17. The van der Waals surface area contributed by atoms with Gasteiger partial charge in [-0.3, -0.25) is 9.69 Å². The molecule has 0 atom stereocenters. The highest BCUT2D eigenvalue weighted by atomic mass is 16.5. The minimum absolute atomic E-state index is 0.0943. The van der Waals surface area contributed by atoms with E-state index in [4.69, 9.17) is 4.74 Å². The Hall–Kier alpha value is -1.59. The standard InChI is InChI=1S/C18H27N3O2/c1-19-9-7-16(8-10-19)20-11-13-21(14-12-20)18(22)15-23-17-5-3-2-4-6-17/h2-6,16H,7-15H2,1H3. The second-order valence-corrected chi connectivity index (χ2v) is 6.55. The molecule has 1 amide bonds. The lowest BCUT2D eigenvalue weighted by atomic mass is 10.0. The van der Waals surface area contributed by atoms with Gasteiger partial charge in [0.25, 0.3) is 5.91 Å². The highest BCUT2D eigenvalue weighted by Gasteiger charge is 2.28. The van der Waals surface area contributed by atoms with Gasteiger partial charge < -0.3 is 14.5 Å². The molecule has 3 rings (SSSR count). The molecule has 2 aliphatic rings. The Morgan fingerprint density at radius 3 is 2.35 bits per heavy atom. The summed E-state index contributed by atoms with van der Waals surface area (Å²) >= 11 is 0. The van der Waals surface area contributed by atoms with E-state index in [9.17, 15) is 4.79 Å². The zero-order valence-corrected chi connectivity index (χ0v) is 14.0. The molecule has 0 aromatic heterocycles. The van der Waals surface area contributed by atoms with Crippen molar-refractivity contribution in [3.05, 3.63) is 30.3 Å². The molecule has 5 nitrogen and oxygen atoms in total. The molecule has 23 heavy (non-hydrogen) atoms. The Bertz CT molecular complexity index is 492. The average Bonchev–Trinajstić information content (AvgIpc) is 2.61. The lowest BCUT2D eigenvalue weighted by molar-refractivity contribution is -0.135. The number of hydrogen-bond donors (Lipinski definition) is 0. The van der Waals surface area contributed by atoms with Crippen LogP contribution in [0, 0.1) is 0 Å². The van der Waals surface area contributed by atoms with E-state index >= 15 is 0 Å². The molecule has 2 aliphatic heterocycles. The Morgan fingerprint density at radius 1 is 1.04 bits per heavy atom. The summed E-state index contributed by atoms with van der Waals surface area (Å²) in [6, 6.07) is 10.2. The number of likely N-dealkylation sites (tertiary alicyclic amines) is 1. The fourth-order valence-electron chi connectivity index (χ4n) is 3.45. The molecule has 1 aromatic rings. The third-order valence-corrected chi connectivity index (χ3v) is 4.98. The summed E-state index contributed by atoms with van der Waals surface area (Å²) in [7, 11) is 2.19. The van der Waals surface area contributed by atoms with Crippen molar-refractivity contribution in [3.63, 3.8) is 0 Å². The summed E-state index contributed by atoms with van der Waals surface area (Å²) in [5.74, 6) is 0.850. The second kappa shape index (κ2) is 7.79. The van der Waals surface area contributed by atoms with Crippen molar-refractivity contribution in [1.82, 2.24) is 14.7 Å². The number of piperazine rings is 1. The number of ether oxygens (including phenoxy) is 1. The van der Waals surface area contributed by atoms with Gasteiger partial charge in [-0.05, 0) is 45.1 Å². The van der Waals surface area contributed by atoms with Gasteiger partial charge in [0.2, 0.25) is 0 Å². The molecule has 2 heterocycles. The van der Waals surface area contributed by atoms with Gasteiger partial charge in [0, 0.05) is 32.2 Å². The smallest absolute Gasteiger partial charge is 0.260 e. The predicted molar refractivity (Wildman–Crippen MR) is 90.6 cm³/mol. The van der Waals surface area contributed by atoms with E-state index in [2.05, 4.69) is 16.8 Å². The Morgan fingerprint density at radius 2 is 1.70 bits per heavy atom. The second-order valence-electron chi connectivity index (χ2n) is 6.55. The van der Waals surface area contributed by atoms with Crippen LogP contribution in [0.15, 0.2) is 30.3 Å². The van der Waals surface area contributed by atoms with Gasteiger partial charge in [-0.15, -0.1) is 0 Å². The molecule has 0 bridgehead atoms. The van der Waals surface area contributed by atoms with E-state index in [0.717, 1.165) is 31.9 Å². The third-order valence-electron chi connectivity index (χ3n) is 4.98.